The lowest BCUT2D eigenvalue weighted by Crippen LogP contribution is -2.10. The molecule has 0 saturated heterocycles. The highest BCUT2D eigenvalue weighted by Crippen LogP contribution is 2.17. The van der Waals surface area contributed by atoms with Gasteiger partial charge in [0.15, 0.2) is 0 Å². The SMILES string of the molecule is O=C(O)c1cccc(C(=O)Oc2cccc([O-])c2)c1. The van der Waals surface area contributed by atoms with Crippen LogP contribution in [0.25, 0.3) is 0 Å². The molecule has 0 unspecified atom stereocenters. The first-order valence-corrected chi connectivity index (χ1v) is 5.39. The molecule has 0 saturated carbocycles. The van der Waals surface area contributed by atoms with Gasteiger partial charge in [-0.1, -0.05) is 18.2 Å². The van der Waals surface area contributed by atoms with Gasteiger partial charge in [-0.05, 0) is 30.3 Å². The van der Waals surface area contributed by atoms with Gasteiger partial charge >= 0.3 is 11.9 Å². The molecule has 0 aliphatic carbocycles. The Labute approximate surface area is 108 Å². The molecule has 96 valence electrons. The van der Waals surface area contributed by atoms with Crippen molar-refractivity contribution in [2.45, 2.75) is 0 Å². The zero-order chi connectivity index (χ0) is 13.8. The van der Waals surface area contributed by atoms with Crippen LogP contribution in [0.1, 0.15) is 20.7 Å². The lowest BCUT2D eigenvalue weighted by molar-refractivity contribution is -0.268. The second-order valence-corrected chi connectivity index (χ2v) is 3.75. The molecular formula is C14H9O5-. The van der Waals surface area contributed by atoms with Crippen molar-refractivity contribution in [2.75, 3.05) is 0 Å². The minimum atomic E-state index is -1.13. The molecule has 0 aromatic heterocycles. The molecule has 0 heterocycles. The maximum absolute atomic E-state index is 11.8. The van der Waals surface area contributed by atoms with Gasteiger partial charge in [0.25, 0.3) is 0 Å². The number of benzene rings is 2. The molecular weight excluding hydrogens is 248 g/mol. The molecule has 0 spiro atoms. The van der Waals surface area contributed by atoms with Crippen LogP contribution in [0.15, 0.2) is 48.5 Å². The largest absolute Gasteiger partial charge is 0.872 e. The van der Waals surface area contributed by atoms with Crippen molar-refractivity contribution in [3.63, 3.8) is 0 Å². The molecule has 0 radical (unpaired) electrons. The van der Waals surface area contributed by atoms with Crippen molar-refractivity contribution in [1.82, 2.24) is 0 Å². The number of hydrogen-bond donors (Lipinski definition) is 1. The second kappa shape index (κ2) is 5.22. The summed E-state index contributed by atoms with van der Waals surface area (Å²) in [7, 11) is 0. The van der Waals surface area contributed by atoms with Gasteiger partial charge in [0.2, 0.25) is 0 Å². The first-order chi connectivity index (χ1) is 9.06. The number of carboxylic acids is 1. The van der Waals surface area contributed by atoms with E-state index < -0.39 is 11.9 Å². The maximum Gasteiger partial charge on any atom is 0.343 e. The van der Waals surface area contributed by atoms with Crippen LogP contribution in [0.4, 0.5) is 0 Å². The van der Waals surface area contributed by atoms with Gasteiger partial charge in [0.05, 0.1) is 11.1 Å². The zero-order valence-electron chi connectivity index (χ0n) is 9.70. The molecule has 1 N–H and O–H groups in total. The quantitative estimate of drug-likeness (QED) is 0.667. The highest BCUT2D eigenvalue weighted by molar-refractivity contribution is 5.95. The number of carbonyl (C=O) groups excluding carboxylic acids is 1. The Morgan fingerprint density at radius 2 is 1.68 bits per heavy atom. The number of carboxylic acid groups (broad SMARTS) is 1. The predicted octanol–water partition coefficient (Wildman–Crippen LogP) is 1.68. The Kier molecular flexibility index (Phi) is 3.47. The molecule has 0 fully saturated rings. The summed E-state index contributed by atoms with van der Waals surface area (Å²) in [6.07, 6.45) is 0. The van der Waals surface area contributed by atoms with Crippen LogP contribution in [0.2, 0.25) is 0 Å². The Hall–Kier alpha value is -2.82. The van der Waals surface area contributed by atoms with E-state index in [4.69, 9.17) is 9.84 Å². The van der Waals surface area contributed by atoms with E-state index in [1.54, 1.807) is 0 Å². The fourth-order valence-electron chi connectivity index (χ4n) is 1.48. The van der Waals surface area contributed by atoms with Crippen molar-refractivity contribution in [3.05, 3.63) is 59.7 Å². The van der Waals surface area contributed by atoms with Crippen molar-refractivity contribution in [2.24, 2.45) is 0 Å². The minimum Gasteiger partial charge on any atom is -0.872 e. The average molecular weight is 257 g/mol. The normalized spacial score (nSPS) is 9.89. The minimum absolute atomic E-state index is 0.00738. The van der Waals surface area contributed by atoms with E-state index in [9.17, 15) is 14.7 Å². The summed E-state index contributed by atoms with van der Waals surface area (Å²) in [5, 5.41) is 19.9. The van der Waals surface area contributed by atoms with Gasteiger partial charge in [0.1, 0.15) is 5.75 Å². The highest BCUT2D eigenvalue weighted by atomic mass is 16.5. The summed E-state index contributed by atoms with van der Waals surface area (Å²) < 4.78 is 4.98. The van der Waals surface area contributed by atoms with Gasteiger partial charge < -0.3 is 14.9 Å². The van der Waals surface area contributed by atoms with Crippen LogP contribution in [-0.2, 0) is 0 Å². The summed E-state index contributed by atoms with van der Waals surface area (Å²) in [6, 6.07) is 10.9. The van der Waals surface area contributed by atoms with E-state index in [2.05, 4.69) is 0 Å². The first kappa shape index (κ1) is 12.6. The van der Waals surface area contributed by atoms with Gasteiger partial charge in [-0.3, -0.25) is 0 Å². The van der Waals surface area contributed by atoms with Gasteiger partial charge in [-0.2, -0.15) is 0 Å². The number of carbonyl (C=O) groups is 2. The van der Waals surface area contributed by atoms with Crippen LogP contribution in [0.3, 0.4) is 0 Å². The molecule has 19 heavy (non-hydrogen) atoms. The number of rotatable bonds is 3. The molecule has 5 nitrogen and oxygen atoms in total. The standard InChI is InChI=1S/C14H10O5/c15-11-5-2-6-12(8-11)19-14(18)10-4-1-3-9(7-10)13(16)17/h1-8,15H,(H,16,17)/p-1. The Balaban J connectivity index is 2.20. The number of hydrogen-bond acceptors (Lipinski definition) is 4. The Morgan fingerprint density at radius 3 is 2.37 bits per heavy atom. The summed E-state index contributed by atoms with van der Waals surface area (Å²) in [5.41, 5.74) is 0.100. The fraction of sp³-hybridized carbons (Fsp3) is 0. The van der Waals surface area contributed by atoms with Crippen molar-refractivity contribution < 1.29 is 24.5 Å². The Morgan fingerprint density at radius 1 is 1.00 bits per heavy atom. The van der Waals surface area contributed by atoms with Gasteiger partial charge in [-0.25, -0.2) is 9.59 Å². The number of esters is 1. The van der Waals surface area contributed by atoms with Crippen LogP contribution in [0.5, 0.6) is 11.5 Å². The number of ether oxygens (including phenoxy) is 1. The molecule has 2 aromatic rings. The monoisotopic (exact) mass is 257 g/mol. The molecule has 0 aliphatic rings. The topological polar surface area (TPSA) is 86.7 Å². The fourth-order valence-corrected chi connectivity index (χ4v) is 1.48. The summed E-state index contributed by atoms with van der Waals surface area (Å²) in [4.78, 5) is 22.6. The van der Waals surface area contributed by atoms with E-state index in [-0.39, 0.29) is 22.6 Å². The predicted molar refractivity (Wildman–Crippen MR) is 64.2 cm³/mol. The lowest BCUT2D eigenvalue weighted by atomic mass is 10.1. The summed E-state index contributed by atoms with van der Waals surface area (Å²) in [5.74, 6) is -1.99. The van der Waals surface area contributed by atoms with Crippen LogP contribution in [0, 0.1) is 0 Å². The van der Waals surface area contributed by atoms with E-state index >= 15 is 0 Å². The lowest BCUT2D eigenvalue weighted by Gasteiger charge is -2.08. The Bertz CT molecular complexity index is 633. The molecule has 0 bridgehead atoms. The van der Waals surface area contributed by atoms with Crippen molar-refractivity contribution in [3.8, 4) is 11.5 Å². The smallest absolute Gasteiger partial charge is 0.343 e. The van der Waals surface area contributed by atoms with Crippen LogP contribution >= 0.6 is 0 Å². The van der Waals surface area contributed by atoms with Crippen molar-refractivity contribution >= 4 is 11.9 Å². The van der Waals surface area contributed by atoms with Crippen LogP contribution < -0.4 is 9.84 Å². The molecule has 0 aliphatic heterocycles. The van der Waals surface area contributed by atoms with E-state index in [0.29, 0.717) is 0 Å². The van der Waals surface area contributed by atoms with E-state index in [0.717, 1.165) is 0 Å². The molecule has 5 heteroatoms. The maximum atomic E-state index is 11.8. The number of aromatic carboxylic acids is 1. The van der Waals surface area contributed by atoms with E-state index in [1.165, 1.54) is 48.5 Å². The third-order valence-electron chi connectivity index (χ3n) is 2.36. The third kappa shape index (κ3) is 3.10. The van der Waals surface area contributed by atoms with Gasteiger partial charge in [-0.15, -0.1) is 5.75 Å². The zero-order valence-corrected chi connectivity index (χ0v) is 9.70. The highest BCUT2D eigenvalue weighted by Gasteiger charge is 2.11. The molecule has 2 rings (SSSR count). The van der Waals surface area contributed by atoms with Crippen molar-refractivity contribution in [1.29, 1.82) is 0 Å². The van der Waals surface area contributed by atoms with E-state index in [1.807, 2.05) is 0 Å². The first-order valence-electron chi connectivity index (χ1n) is 5.39. The molecule has 0 amide bonds. The van der Waals surface area contributed by atoms with Gasteiger partial charge in [0, 0.05) is 0 Å². The average Bonchev–Trinajstić information content (AvgIpc) is 2.39. The summed E-state index contributed by atoms with van der Waals surface area (Å²) >= 11 is 0. The second-order valence-electron chi connectivity index (χ2n) is 3.75. The van der Waals surface area contributed by atoms with Crippen LogP contribution in [-0.4, -0.2) is 17.0 Å². The third-order valence-corrected chi connectivity index (χ3v) is 2.36. The summed E-state index contributed by atoms with van der Waals surface area (Å²) in [6.45, 7) is 0. The molecule has 0 atom stereocenters. The molecule has 2 aromatic carbocycles.